The minimum atomic E-state index is 0.0187. The summed E-state index contributed by atoms with van der Waals surface area (Å²) in [4.78, 5) is 19.1. The van der Waals surface area contributed by atoms with Gasteiger partial charge in [-0.2, -0.15) is 5.10 Å². The highest BCUT2D eigenvalue weighted by Crippen LogP contribution is 2.14. The lowest BCUT2D eigenvalue weighted by molar-refractivity contribution is -0.130. The highest BCUT2D eigenvalue weighted by atomic mass is 16.2. The standard InChI is InChI=1S/C23H36N6O/c1-7-24-23(26-17(3)14-21-18(4)27-28(6)19(21)5)25-15-22(30)29(8-2)16-20-12-10-9-11-13-20/h9-13,17H,7-8,14-16H2,1-6H3,(H2,24,25,26). The van der Waals surface area contributed by atoms with Crippen molar-refractivity contribution in [2.75, 3.05) is 19.6 Å². The van der Waals surface area contributed by atoms with E-state index in [0.717, 1.165) is 24.2 Å². The molecule has 7 heteroatoms. The number of carbonyl (C=O) groups is 1. The minimum Gasteiger partial charge on any atom is -0.357 e. The average molecular weight is 413 g/mol. The maximum absolute atomic E-state index is 12.7. The zero-order chi connectivity index (χ0) is 22.1. The number of rotatable bonds is 9. The van der Waals surface area contributed by atoms with E-state index < -0.39 is 0 Å². The molecule has 0 fully saturated rings. The van der Waals surface area contributed by atoms with Crippen molar-refractivity contribution in [1.29, 1.82) is 0 Å². The first kappa shape index (κ1) is 23.4. The van der Waals surface area contributed by atoms with Crippen LogP contribution in [0.1, 0.15) is 43.3 Å². The van der Waals surface area contributed by atoms with Crippen LogP contribution >= 0.6 is 0 Å². The van der Waals surface area contributed by atoms with Crippen LogP contribution in [0.3, 0.4) is 0 Å². The van der Waals surface area contributed by atoms with E-state index in [2.05, 4.69) is 34.6 Å². The van der Waals surface area contributed by atoms with Gasteiger partial charge in [-0.15, -0.1) is 0 Å². The van der Waals surface area contributed by atoms with Gasteiger partial charge >= 0.3 is 0 Å². The fraction of sp³-hybridized carbons (Fsp3) is 0.522. The number of aliphatic imine (C=N–C) groups is 1. The molecule has 2 N–H and O–H groups in total. The molecule has 0 saturated heterocycles. The number of likely N-dealkylation sites (N-methyl/N-ethyl adjacent to an activating group) is 1. The monoisotopic (exact) mass is 412 g/mol. The largest absolute Gasteiger partial charge is 0.357 e. The molecule has 1 unspecified atom stereocenters. The lowest BCUT2D eigenvalue weighted by atomic mass is 10.1. The number of aromatic nitrogens is 2. The van der Waals surface area contributed by atoms with Gasteiger partial charge in [-0.3, -0.25) is 9.48 Å². The molecule has 30 heavy (non-hydrogen) atoms. The van der Waals surface area contributed by atoms with E-state index in [9.17, 15) is 4.79 Å². The maximum atomic E-state index is 12.7. The molecule has 0 spiro atoms. The van der Waals surface area contributed by atoms with Gasteiger partial charge in [-0.1, -0.05) is 30.3 Å². The van der Waals surface area contributed by atoms with Crippen LogP contribution < -0.4 is 10.6 Å². The first-order chi connectivity index (χ1) is 14.3. The van der Waals surface area contributed by atoms with Crippen molar-refractivity contribution in [2.24, 2.45) is 12.0 Å². The molecule has 1 amide bonds. The van der Waals surface area contributed by atoms with Gasteiger partial charge in [0.05, 0.1) is 5.69 Å². The van der Waals surface area contributed by atoms with Gasteiger partial charge in [-0.05, 0) is 52.2 Å². The Labute approximate surface area is 180 Å². The van der Waals surface area contributed by atoms with Crippen molar-refractivity contribution < 1.29 is 4.79 Å². The summed E-state index contributed by atoms with van der Waals surface area (Å²) in [6.07, 6.45) is 0.846. The first-order valence-corrected chi connectivity index (χ1v) is 10.7. The Bertz CT molecular complexity index is 843. The third-order valence-electron chi connectivity index (χ3n) is 5.22. The lowest BCUT2D eigenvalue weighted by Crippen LogP contribution is -2.44. The molecule has 0 aliphatic heterocycles. The van der Waals surface area contributed by atoms with Crippen LogP contribution in [0.4, 0.5) is 0 Å². The van der Waals surface area contributed by atoms with Gasteiger partial charge in [0.15, 0.2) is 5.96 Å². The zero-order valence-corrected chi connectivity index (χ0v) is 19.2. The molecule has 0 aliphatic rings. The van der Waals surface area contributed by atoms with E-state index >= 15 is 0 Å². The summed E-state index contributed by atoms with van der Waals surface area (Å²) in [6, 6.07) is 10.2. The average Bonchev–Trinajstić information content (AvgIpc) is 2.96. The van der Waals surface area contributed by atoms with E-state index in [1.54, 1.807) is 0 Å². The number of benzene rings is 1. The third-order valence-corrected chi connectivity index (χ3v) is 5.22. The summed E-state index contributed by atoms with van der Waals surface area (Å²) < 4.78 is 1.92. The Morgan fingerprint density at radius 3 is 2.50 bits per heavy atom. The third kappa shape index (κ3) is 6.61. The summed E-state index contributed by atoms with van der Waals surface area (Å²) in [6.45, 7) is 12.4. The second kappa shape index (κ2) is 11.4. The van der Waals surface area contributed by atoms with Crippen molar-refractivity contribution >= 4 is 11.9 Å². The van der Waals surface area contributed by atoms with Crippen LogP contribution in [-0.2, 0) is 24.8 Å². The van der Waals surface area contributed by atoms with Crippen LogP contribution in [0.25, 0.3) is 0 Å². The molecule has 1 heterocycles. The highest BCUT2D eigenvalue weighted by molar-refractivity contribution is 5.85. The van der Waals surface area contributed by atoms with Gasteiger partial charge in [0.2, 0.25) is 5.91 Å². The fourth-order valence-electron chi connectivity index (χ4n) is 3.45. The van der Waals surface area contributed by atoms with Crippen LogP contribution in [-0.4, -0.2) is 52.2 Å². The molecular weight excluding hydrogens is 376 g/mol. The number of carbonyl (C=O) groups excluding carboxylic acids is 1. The maximum Gasteiger partial charge on any atom is 0.244 e. The number of hydrogen-bond acceptors (Lipinski definition) is 3. The molecule has 0 saturated carbocycles. The molecule has 1 atom stereocenters. The molecular formula is C23H36N6O. The van der Waals surface area contributed by atoms with Gasteiger partial charge in [0, 0.05) is 38.4 Å². The fourth-order valence-corrected chi connectivity index (χ4v) is 3.45. The Morgan fingerprint density at radius 1 is 1.23 bits per heavy atom. The molecule has 0 bridgehead atoms. The van der Waals surface area contributed by atoms with E-state index in [1.807, 2.05) is 67.7 Å². The van der Waals surface area contributed by atoms with Gasteiger partial charge in [0.25, 0.3) is 0 Å². The van der Waals surface area contributed by atoms with E-state index in [4.69, 9.17) is 0 Å². The molecule has 2 aromatic rings. The Balaban J connectivity index is 1.99. The van der Waals surface area contributed by atoms with Gasteiger partial charge in [0.1, 0.15) is 6.54 Å². The number of nitrogens with zero attached hydrogens (tertiary/aromatic N) is 4. The smallest absolute Gasteiger partial charge is 0.244 e. The second-order valence-corrected chi connectivity index (χ2v) is 7.61. The summed E-state index contributed by atoms with van der Waals surface area (Å²) in [5.74, 6) is 0.679. The van der Waals surface area contributed by atoms with Crippen molar-refractivity contribution in [3.05, 3.63) is 52.8 Å². The number of amides is 1. The Kier molecular flexibility index (Phi) is 8.89. The van der Waals surface area contributed by atoms with Crippen LogP contribution in [0.15, 0.2) is 35.3 Å². The summed E-state index contributed by atoms with van der Waals surface area (Å²) in [7, 11) is 1.97. The minimum absolute atomic E-state index is 0.0187. The highest BCUT2D eigenvalue weighted by Gasteiger charge is 2.15. The van der Waals surface area contributed by atoms with Gasteiger partial charge in [-0.25, -0.2) is 4.99 Å². The Hall–Kier alpha value is -2.83. The van der Waals surface area contributed by atoms with Crippen LogP contribution in [0.2, 0.25) is 0 Å². The van der Waals surface area contributed by atoms with Gasteiger partial charge < -0.3 is 15.5 Å². The van der Waals surface area contributed by atoms with E-state index in [-0.39, 0.29) is 18.5 Å². The normalized spacial score (nSPS) is 12.5. The quantitative estimate of drug-likeness (QED) is 0.490. The van der Waals surface area contributed by atoms with Crippen molar-refractivity contribution in [3.63, 3.8) is 0 Å². The molecule has 1 aromatic carbocycles. The molecule has 1 aromatic heterocycles. The van der Waals surface area contributed by atoms with Crippen LogP contribution in [0.5, 0.6) is 0 Å². The summed E-state index contributed by atoms with van der Waals surface area (Å²) in [5.41, 5.74) is 4.61. The number of nitrogens with one attached hydrogen (secondary N) is 2. The van der Waals surface area contributed by atoms with Crippen molar-refractivity contribution in [1.82, 2.24) is 25.3 Å². The number of guanidine groups is 1. The van der Waals surface area contributed by atoms with Crippen LogP contribution in [0, 0.1) is 13.8 Å². The molecule has 2 rings (SSSR count). The van der Waals surface area contributed by atoms with E-state index in [0.29, 0.717) is 19.0 Å². The number of aryl methyl sites for hydroxylation is 2. The number of hydrogen-bond donors (Lipinski definition) is 2. The SMILES string of the molecule is CCNC(=NCC(=O)N(CC)Cc1ccccc1)NC(C)Cc1c(C)nn(C)c1C. The van der Waals surface area contributed by atoms with E-state index in [1.165, 1.54) is 11.3 Å². The molecule has 0 aliphatic carbocycles. The topological polar surface area (TPSA) is 74.6 Å². The zero-order valence-electron chi connectivity index (χ0n) is 19.2. The lowest BCUT2D eigenvalue weighted by Gasteiger charge is -2.21. The second-order valence-electron chi connectivity index (χ2n) is 7.61. The van der Waals surface area contributed by atoms with Crippen molar-refractivity contribution in [3.8, 4) is 0 Å². The molecule has 0 radical (unpaired) electrons. The predicted octanol–water partition coefficient (Wildman–Crippen LogP) is 2.57. The molecule has 164 valence electrons. The van der Waals surface area contributed by atoms with Crippen molar-refractivity contribution in [2.45, 2.75) is 53.6 Å². The summed E-state index contributed by atoms with van der Waals surface area (Å²) >= 11 is 0. The summed E-state index contributed by atoms with van der Waals surface area (Å²) in [5, 5.41) is 11.2. The molecule has 7 nitrogen and oxygen atoms in total. The predicted molar refractivity (Wildman–Crippen MR) is 122 cm³/mol. The Morgan fingerprint density at radius 2 is 1.93 bits per heavy atom. The first-order valence-electron chi connectivity index (χ1n) is 10.7.